The zero-order chi connectivity index (χ0) is 19.6. The molecular weight excluding hydrogens is 336 g/mol. The Balaban J connectivity index is 2.07. The van der Waals surface area contributed by atoms with Crippen LogP contribution in [0, 0.1) is 6.92 Å². The Bertz CT molecular complexity index is 760. The van der Waals surface area contributed by atoms with Gasteiger partial charge in [-0.1, -0.05) is 54.6 Å². The molecule has 3 heteroatoms. The van der Waals surface area contributed by atoms with E-state index < -0.39 is 0 Å². The topological polar surface area (TPSA) is 46.5 Å². The maximum atomic E-state index is 11.6. The number of carbonyl (C=O) groups is 1. The fourth-order valence-electron chi connectivity index (χ4n) is 3.01. The van der Waals surface area contributed by atoms with Crippen LogP contribution in [-0.2, 0) is 35.2 Å². The van der Waals surface area contributed by atoms with Crippen LogP contribution in [0.15, 0.2) is 54.6 Å². The van der Waals surface area contributed by atoms with Crippen LogP contribution < -0.4 is 0 Å². The number of aryl methyl sites for hydroxylation is 4. The lowest BCUT2D eigenvalue weighted by Gasteiger charge is -2.13. The molecule has 3 nitrogen and oxygen atoms in total. The molecule has 0 aromatic heterocycles. The largest absolute Gasteiger partial charge is 0.462 e. The number of aliphatic hydroxyl groups is 1. The molecule has 2 aromatic rings. The van der Waals surface area contributed by atoms with Crippen LogP contribution in [0.2, 0.25) is 0 Å². The monoisotopic (exact) mass is 366 g/mol. The summed E-state index contributed by atoms with van der Waals surface area (Å²) in [5.74, 6) is -0.340. The van der Waals surface area contributed by atoms with E-state index in [1.807, 2.05) is 0 Å². The second-order valence-electron chi connectivity index (χ2n) is 7.08. The number of aliphatic hydroxyl groups excluding tert-OH is 1. The van der Waals surface area contributed by atoms with E-state index in [-0.39, 0.29) is 12.6 Å². The van der Waals surface area contributed by atoms with Crippen LogP contribution in [0.3, 0.4) is 0 Å². The molecule has 0 atom stereocenters. The first-order valence-electron chi connectivity index (χ1n) is 9.59. The number of ether oxygens (including phenoxy) is 1. The molecule has 0 radical (unpaired) electrons. The number of esters is 1. The van der Waals surface area contributed by atoms with E-state index in [1.54, 1.807) is 6.92 Å². The van der Waals surface area contributed by atoms with Crippen molar-refractivity contribution in [1.29, 1.82) is 0 Å². The molecule has 0 aliphatic rings. The standard InChI is InChI=1S/C24H30O3/c1-18(2)24(26)27-16-14-23-17-21(5-4-15-25)11-13-22(23)12-10-20-8-6-19(3)7-9-20/h6-9,11,13,17,25H,1,4-5,10,12,14-16H2,2-3H3. The molecule has 0 unspecified atom stereocenters. The number of hydrogen-bond acceptors (Lipinski definition) is 3. The molecule has 144 valence electrons. The van der Waals surface area contributed by atoms with Crippen molar-refractivity contribution in [1.82, 2.24) is 0 Å². The van der Waals surface area contributed by atoms with E-state index in [0.717, 1.165) is 25.7 Å². The molecule has 0 aliphatic carbocycles. The summed E-state index contributed by atoms with van der Waals surface area (Å²) in [6, 6.07) is 15.2. The van der Waals surface area contributed by atoms with Gasteiger partial charge in [-0.3, -0.25) is 0 Å². The minimum absolute atomic E-state index is 0.195. The summed E-state index contributed by atoms with van der Waals surface area (Å²) < 4.78 is 5.28. The minimum atomic E-state index is -0.340. The van der Waals surface area contributed by atoms with Crippen LogP contribution in [0.25, 0.3) is 0 Å². The van der Waals surface area contributed by atoms with Crippen molar-refractivity contribution in [2.45, 2.75) is 46.0 Å². The van der Waals surface area contributed by atoms with E-state index in [1.165, 1.54) is 27.8 Å². The molecule has 0 aliphatic heterocycles. The average molecular weight is 367 g/mol. The molecule has 27 heavy (non-hydrogen) atoms. The zero-order valence-electron chi connectivity index (χ0n) is 16.5. The molecule has 0 spiro atoms. The molecule has 2 rings (SSSR count). The summed E-state index contributed by atoms with van der Waals surface area (Å²) in [7, 11) is 0. The van der Waals surface area contributed by atoms with Gasteiger partial charge in [-0.25, -0.2) is 4.79 Å². The van der Waals surface area contributed by atoms with Crippen molar-refractivity contribution in [3.63, 3.8) is 0 Å². The van der Waals surface area contributed by atoms with Crippen LogP contribution in [0.4, 0.5) is 0 Å². The summed E-state index contributed by atoms with van der Waals surface area (Å²) in [5.41, 5.74) is 6.73. The quantitative estimate of drug-likeness (QED) is 0.502. The van der Waals surface area contributed by atoms with E-state index >= 15 is 0 Å². The van der Waals surface area contributed by atoms with Crippen molar-refractivity contribution >= 4 is 5.97 Å². The first kappa shape index (κ1) is 20.9. The average Bonchev–Trinajstić information content (AvgIpc) is 2.66. The van der Waals surface area contributed by atoms with Gasteiger partial charge in [0.05, 0.1) is 6.61 Å². The first-order chi connectivity index (χ1) is 13.0. The molecule has 0 saturated carbocycles. The highest BCUT2D eigenvalue weighted by Gasteiger charge is 2.08. The Morgan fingerprint density at radius 3 is 2.33 bits per heavy atom. The predicted octanol–water partition coefficient (Wildman–Crippen LogP) is 4.37. The second kappa shape index (κ2) is 10.7. The highest BCUT2D eigenvalue weighted by molar-refractivity contribution is 5.86. The second-order valence-corrected chi connectivity index (χ2v) is 7.08. The van der Waals surface area contributed by atoms with Crippen LogP contribution in [-0.4, -0.2) is 24.3 Å². The smallest absolute Gasteiger partial charge is 0.333 e. The zero-order valence-corrected chi connectivity index (χ0v) is 16.5. The Hall–Kier alpha value is -2.39. The number of hydrogen-bond donors (Lipinski definition) is 1. The molecule has 0 saturated heterocycles. The van der Waals surface area contributed by atoms with E-state index in [2.05, 4.69) is 56.0 Å². The Morgan fingerprint density at radius 2 is 1.67 bits per heavy atom. The Kier molecular flexibility index (Phi) is 8.28. The number of carbonyl (C=O) groups excluding carboxylic acids is 1. The van der Waals surface area contributed by atoms with Crippen molar-refractivity contribution in [2.75, 3.05) is 13.2 Å². The maximum Gasteiger partial charge on any atom is 0.333 e. The van der Waals surface area contributed by atoms with E-state index in [9.17, 15) is 4.79 Å². The fourth-order valence-corrected chi connectivity index (χ4v) is 3.01. The number of benzene rings is 2. The highest BCUT2D eigenvalue weighted by Crippen LogP contribution is 2.18. The van der Waals surface area contributed by atoms with Crippen molar-refractivity contribution in [3.8, 4) is 0 Å². The van der Waals surface area contributed by atoms with Crippen LogP contribution in [0.1, 0.15) is 41.2 Å². The highest BCUT2D eigenvalue weighted by atomic mass is 16.5. The number of rotatable bonds is 10. The van der Waals surface area contributed by atoms with E-state index in [4.69, 9.17) is 9.84 Å². The van der Waals surface area contributed by atoms with Gasteiger partial charge >= 0.3 is 5.97 Å². The summed E-state index contributed by atoms with van der Waals surface area (Å²) >= 11 is 0. The molecule has 0 amide bonds. The Labute approximate surface area is 162 Å². The lowest BCUT2D eigenvalue weighted by Crippen LogP contribution is -2.09. The predicted molar refractivity (Wildman–Crippen MR) is 110 cm³/mol. The summed E-state index contributed by atoms with van der Waals surface area (Å²) in [6.07, 6.45) is 4.23. The molecule has 0 fully saturated rings. The van der Waals surface area contributed by atoms with Crippen molar-refractivity contribution in [2.24, 2.45) is 0 Å². The van der Waals surface area contributed by atoms with Gasteiger partial charge in [0.2, 0.25) is 0 Å². The third-order valence-electron chi connectivity index (χ3n) is 4.65. The SMILES string of the molecule is C=C(C)C(=O)OCCc1cc(CCCO)ccc1CCc1ccc(C)cc1. The van der Waals surface area contributed by atoms with Gasteiger partial charge in [0.25, 0.3) is 0 Å². The third kappa shape index (κ3) is 7.03. The maximum absolute atomic E-state index is 11.6. The molecule has 2 aromatic carbocycles. The summed E-state index contributed by atoms with van der Waals surface area (Å²) in [6.45, 7) is 7.92. The van der Waals surface area contributed by atoms with Gasteiger partial charge in [-0.05, 0) is 61.8 Å². The molecule has 1 N–H and O–H groups in total. The van der Waals surface area contributed by atoms with Gasteiger partial charge in [0.1, 0.15) is 0 Å². The lowest BCUT2D eigenvalue weighted by molar-refractivity contribution is -0.138. The van der Waals surface area contributed by atoms with Gasteiger partial charge in [0.15, 0.2) is 0 Å². The minimum Gasteiger partial charge on any atom is -0.462 e. The van der Waals surface area contributed by atoms with Crippen LogP contribution in [0.5, 0.6) is 0 Å². The fraction of sp³-hybridized carbons (Fsp3) is 0.375. The summed E-state index contributed by atoms with van der Waals surface area (Å²) in [4.78, 5) is 11.6. The third-order valence-corrected chi connectivity index (χ3v) is 4.65. The molecule has 0 heterocycles. The van der Waals surface area contributed by atoms with Gasteiger partial charge in [-0.2, -0.15) is 0 Å². The molecule has 0 bridgehead atoms. The first-order valence-corrected chi connectivity index (χ1v) is 9.59. The van der Waals surface area contributed by atoms with Gasteiger partial charge < -0.3 is 9.84 Å². The normalized spacial score (nSPS) is 10.6. The van der Waals surface area contributed by atoms with Gasteiger partial charge in [0, 0.05) is 18.6 Å². The molecular formula is C24H30O3. The lowest BCUT2D eigenvalue weighted by atomic mass is 9.95. The van der Waals surface area contributed by atoms with Gasteiger partial charge in [-0.15, -0.1) is 0 Å². The van der Waals surface area contributed by atoms with Crippen LogP contribution >= 0.6 is 0 Å². The van der Waals surface area contributed by atoms with E-state index in [0.29, 0.717) is 18.6 Å². The summed E-state index contributed by atoms with van der Waals surface area (Å²) in [5, 5.41) is 9.07. The van der Waals surface area contributed by atoms with Crippen molar-refractivity contribution < 1.29 is 14.6 Å². The van der Waals surface area contributed by atoms with Crippen molar-refractivity contribution in [3.05, 3.63) is 82.4 Å². The Morgan fingerprint density at radius 1 is 0.963 bits per heavy atom.